The average molecular weight is 336 g/mol. The van der Waals surface area contributed by atoms with Gasteiger partial charge in [-0.1, -0.05) is 43.5 Å². The van der Waals surface area contributed by atoms with Gasteiger partial charge in [0, 0.05) is 18.1 Å². The summed E-state index contributed by atoms with van der Waals surface area (Å²) in [7, 11) is 1.61. The lowest BCUT2D eigenvalue weighted by Gasteiger charge is -2.14. The summed E-state index contributed by atoms with van der Waals surface area (Å²) in [6, 6.07) is 9.76. The normalized spacial score (nSPS) is 13.8. The second-order valence-corrected chi connectivity index (χ2v) is 5.82. The van der Waals surface area contributed by atoms with Crippen LogP contribution < -0.4 is 16.1 Å². The van der Waals surface area contributed by atoms with Crippen LogP contribution in [0.3, 0.4) is 0 Å². The smallest absolute Gasteiger partial charge is 0.344 e. The number of benzene rings is 1. The predicted molar refractivity (Wildman–Crippen MR) is 97.9 cm³/mol. The van der Waals surface area contributed by atoms with E-state index in [1.54, 1.807) is 19.3 Å². The Labute approximate surface area is 146 Å². The van der Waals surface area contributed by atoms with Gasteiger partial charge in [0.15, 0.2) is 0 Å². The fourth-order valence-corrected chi connectivity index (χ4v) is 2.77. The summed E-state index contributed by atoms with van der Waals surface area (Å²) in [4.78, 5) is 12.3. The summed E-state index contributed by atoms with van der Waals surface area (Å²) in [5, 5.41) is 1.04. The maximum Gasteiger partial charge on any atom is 0.344 e. The van der Waals surface area contributed by atoms with Crippen molar-refractivity contribution in [3.8, 4) is 0 Å². The monoisotopic (exact) mass is 336 g/mol. The number of fused-ring (bicyclic) bond motifs is 1. The average Bonchev–Trinajstić information content (AvgIpc) is 2.63. The molecule has 0 saturated carbocycles. The van der Waals surface area contributed by atoms with E-state index in [9.17, 15) is 4.79 Å². The Morgan fingerprint density at radius 1 is 1.28 bits per heavy atom. The first kappa shape index (κ1) is 16.8. The van der Waals surface area contributed by atoms with Crippen molar-refractivity contribution in [1.82, 2.24) is 0 Å². The number of hydrogen-bond acceptors (Lipinski definition) is 4. The Kier molecular flexibility index (Phi) is 4.89. The Bertz CT molecular complexity index is 981. The van der Waals surface area contributed by atoms with Gasteiger partial charge in [0.1, 0.15) is 18.1 Å². The van der Waals surface area contributed by atoms with Crippen LogP contribution >= 0.6 is 0 Å². The molecule has 4 heteroatoms. The fraction of sp³-hybridized carbons (Fsp3) is 0.190. The van der Waals surface area contributed by atoms with Crippen molar-refractivity contribution in [2.24, 2.45) is 0 Å². The molecule has 128 valence electrons. The second kappa shape index (κ2) is 7.26. The molecule has 0 fully saturated rings. The van der Waals surface area contributed by atoms with E-state index in [0.717, 1.165) is 29.7 Å². The Hall–Kier alpha value is -3.01. The van der Waals surface area contributed by atoms with Gasteiger partial charge in [-0.15, -0.1) is 0 Å². The minimum atomic E-state index is -0.457. The van der Waals surface area contributed by atoms with E-state index in [2.05, 4.69) is 13.2 Å². The molecule has 2 aromatic rings. The molecule has 4 nitrogen and oxygen atoms in total. The zero-order chi connectivity index (χ0) is 17.8. The lowest BCUT2D eigenvalue weighted by molar-refractivity contribution is 0.218. The van der Waals surface area contributed by atoms with Gasteiger partial charge in [0.2, 0.25) is 0 Å². The largest absolute Gasteiger partial charge is 0.501 e. The number of allylic oxidation sites excluding steroid dienone is 2. The first-order valence-corrected chi connectivity index (χ1v) is 8.05. The molecule has 3 rings (SSSR count). The van der Waals surface area contributed by atoms with Crippen LogP contribution in [-0.4, -0.2) is 7.11 Å². The molecule has 1 aromatic carbocycles. The summed E-state index contributed by atoms with van der Waals surface area (Å²) < 4.78 is 16.3. The molecule has 0 bridgehead atoms. The lowest BCUT2D eigenvalue weighted by Crippen LogP contribution is -2.41. The first-order valence-electron chi connectivity index (χ1n) is 8.05. The highest BCUT2D eigenvalue weighted by Crippen LogP contribution is 2.20. The maximum absolute atomic E-state index is 12.3. The van der Waals surface area contributed by atoms with Crippen LogP contribution in [-0.2, 0) is 22.5 Å². The Morgan fingerprint density at radius 3 is 2.76 bits per heavy atom. The first-order chi connectivity index (χ1) is 12.1. The molecule has 1 aliphatic rings. The molecular formula is C21H20O4. The zero-order valence-corrected chi connectivity index (χ0v) is 14.2. The summed E-state index contributed by atoms with van der Waals surface area (Å²) in [6.45, 7) is 8.31. The highest BCUT2D eigenvalue weighted by molar-refractivity contribution is 5.54. The van der Waals surface area contributed by atoms with Crippen molar-refractivity contribution in [2.75, 3.05) is 7.11 Å². The fourth-order valence-electron chi connectivity index (χ4n) is 2.77. The molecule has 1 heterocycles. The van der Waals surface area contributed by atoms with Crippen LogP contribution in [0, 0.1) is 0 Å². The van der Waals surface area contributed by atoms with Crippen molar-refractivity contribution in [3.05, 3.63) is 86.2 Å². The zero-order valence-electron chi connectivity index (χ0n) is 14.2. The van der Waals surface area contributed by atoms with Gasteiger partial charge in [-0.3, -0.25) is 0 Å². The van der Waals surface area contributed by atoms with Crippen molar-refractivity contribution in [1.29, 1.82) is 0 Å². The van der Waals surface area contributed by atoms with Gasteiger partial charge in [0.25, 0.3) is 0 Å². The minimum Gasteiger partial charge on any atom is -0.501 e. The third-order valence-corrected chi connectivity index (χ3v) is 4.16. The Balaban J connectivity index is 1.89. The van der Waals surface area contributed by atoms with E-state index in [-0.39, 0.29) is 0 Å². The quantitative estimate of drug-likeness (QED) is 0.787. The molecule has 0 spiro atoms. The predicted octanol–water partition coefficient (Wildman–Crippen LogP) is 2.49. The number of ether oxygens (including phenoxy) is 2. The molecule has 0 atom stereocenters. The topological polar surface area (TPSA) is 48.7 Å². The van der Waals surface area contributed by atoms with Crippen molar-refractivity contribution in [3.63, 3.8) is 0 Å². The van der Waals surface area contributed by atoms with Gasteiger partial charge < -0.3 is 13.9 Å². The molecule has 0 aliphatic heterocycles. The van der Waals surface area contributed by atoms with E-state index in [0.29, 0.717) is 28.6 Å². The third kappa shape index (κ3) is 3.74. The van der Waals surface area contributed by atoms with Gasteiger partial charge >= 0.3 is 5.63 Å². The van der Waals surface area contributed by atoms with Crippen molar-refractivity contribution >= 4 is 18.7 Å². The number of methoxy groups -OCH3 is 1. The van der Waals surface area contributed by atoms with Crippen LogP contribution in [0.5, 0.6) is 0 Å². The van der Waals surface area contributed by atoms with Gasteiger partial charge in [-0.05, 0) is 23.3 Å². The Morgan fingerprint density at radius 2 is 2.04 bits per heavy atom. The maximum atomic E-state index is 12.3. The molecule has 1 aliphatic carbocycles. The van der Waals surface area contributed by atoms with Crippen LogP contribution in [0.2, 0.25) is 0 Å². The minimum absolute atomic E-state index is 0.381. The van der Waals surface area contributed by atoms with Crippen molar-refractivity contribution < 1.29 is 13.9 Å². The van der Waals surface area contributed by atoms with Gasteiger partial charge in [-0.2, -0.15) is 0 Å². The van der Waals surface area contributed by atoms with Crippen LogP contribution in [0.4, 0.5) is 0 Å². The highest BCUT2D eigenvalue weighted by atomic mass is 16.5. The molecule has 1 aromatic heterocycles. The molecule has 0 saturated heterocycles. The van der Waals surface area contributed by atoms with Crippen LogP contribution in [0.15, 0.2) is 57.6 Å². The van der Waals surface area contributed by atoms with Crippen molar-refractivity contribution in [2.45, 2.75) is 19.4 Å². The molecular weight excluding hydrogens is 316 g/mol. The van der Waals surface area contributed by atoms with E-state index in [4.69, 9.17) is 13.9 Å². The summed E-state index contributed by atoms with van der Waals surface area (Å²) in [5.41, 5.74) is 1.49. The molecule has 25 heavy (non-hydrogen) atoms. The molecule has 0 N–H and O–H groups in total. The number of hydrogen-bond donors (Lipinski definition) is 0. The summed E-state index contributed by atoms with van der Waals surface area (Å²) in [5.74, 6) is 1.71. The standard InChI is InChI=1S/C21H20O4/c1-14(24-13-16-7-5-4-6-8-16)11-19-15(2)18-10-9-17(23-3)12-20(18)25-21(19)22/h4-8,11-12H,1-2,9-10,13H2,3H3/b19-11+. The van der Waals surface area contributed by atoms with Gasteiger partial charge in [0.05, 0.1) is 18.1 Å². The molecule has 0 amide bonds. The van der Waals surface area contributed by atoms with E-state index in [1.165, 1.54) is 0 Å². The third-order valence-electron chi connectivity index (χ3n) is 4.16. The van der Waals surface area contributed by atoms with Crippen LogP contribution in [0.25, 0.3) is 18.7 Å². The second-order valence-electron chi connectivity index (χ2n) is 5.82. The number of rotatable bonds is 5. The summed E-state index contributed by atoms with van der Waals surface area (Å²) >= 11 is 0. The summed E-state index contributed by atoms with van der Waals surface area (Å²) in [6.07, 6.45) is 4.81. The lowest BCUT2D eigenvalue weighted by atomic mass is 9.99. The molecule has 0 unspecified atom stereocenters. The molecule has 0 radical (unpaired) electrons. The SMILES string of the molecule is C=C(/C=c1/c(=O)oc2c(c1=C)CCC(OC)=C2)OCc1ccccc1. The van der Waals surface area contributed by atoms with Crippen LogP contribution in [0.1, 0.15) is 23.3 Å². The van der Waals surface area contributed by atoms with E-state index >= 15 is 0 Å². The highest BCUT2D eigenvalue weighted by Gasteiger charge is 2.15. The van der Waals surface area contributed by atoms with E-state index in [1.807, 2.05) is 30.3 Å². The van der Waals surface area contributed by atoms with Gasteiger partial charge in [-0.25, -0.2) is 4.79 Å². The van der Waals surface area contributed by atoms with E-state index < -0.39 is 5.63 Å².